The summed E-state index contributed by atoms with van der Waals surface area (Å²) in [7, 11) is 2.05. The number of amides is 2. The van der Waals surface area contributed by atoms with Crippen molar-refractivity contribution in [1.82, 2.24) is 10.2 Å². The first-order valence-electron chi connectivity index (χ1n) is 8.36. The minimum atomic E-state index is -1.10. The molecule has 1 atom stereocenters. The van der Waals surface area contributed by atoms with E-state index in [1.165, 1.54) is 0 Å². The van der Waals surface area contributed by atoms with Gasteiger partial charge in [0.05, 0.1) is 0 Å². The number of carbonyl (C=O) groups is 2. The van der Waals surface area contributed by atoms with E-state index in [1.54, 1.807) is 18.2 Å². The molecule has 0 bridgehead atoms. The number of hydrogen-bond acceptors (Lipinski definition) is 3. The molecule has 1 unspecified atom stereocenters. The molecular weight excluding hydrogens is 425 g/mol. The number of benzene rings is 2. The van der Waals surface area contributed by atoms with Gasteiger partial charge in [-0.2, -0.15) is 0 Å². The zero-order chi connectivity index (χ0) is 19.6. The molecule has 3 rings (SSSR count). The molecule has 28 heavy (non-hydrogen) atoms. The van der Waals surface area contributed by atoms with E-state index >= 15 is 0 Å². The number of carboxylic acid groups (broad SMARTS) is 1. The number of likely N-dealkylation sites (N-methyl/N-ethyl adjacent to an activating group) is 1. The summed E-state index contributed by atoms with van der Waals surface area (Å²) in [6, 6.07) is 10.6. The second-order valence-corrected chi connectivity index (χ2v) is 7.37. The first-order chi connectivity index (χ1) is 12.8. The minimum Gasteiger partial charge on any atom is -0.480 e. The number of carboxylic acids is 1. The summed E-state index contributed by atoms with van der Waals surface area (Å²) in [5.41, 5.74) is 3.85. The standard InChI is InChI=1S/C19H19Cl2N3O3.ClH/c1-24-9-15(14-6-12(20)7-17(21)16(14)10-24)11-2-4-13(5-3-11)23-19(27)22-8-18(25)26;/h2-7,15H,8-10H2,1H3,(H,25,26)(H2,22,23,27);1H. The first-order valence-corrected chi connectivity index (χ1v) is 9.12. The van der Waals surface area contributed by atoms with Gasteiger partial charge in [0, 0.05) is 34.7 Å². The molecule has 2 aromatic carbocycles. The fourth-order valence-electron chi connectivity index (χ4n) is 3.26. The Morgan fingerprint density at radius 2 is 1.89 bits per heavy atom. The van der Waals surface area contributed by atoms with Gasteiger partial charge in [0.2, 0.25) is 0 Å². The van der Waals surface area contributed by atoms with E-state index in [-0.39, 0.29) is 18.3 Å². The molecule has 0 spiro atoms. The third-order valence-electron chi connectivity index (χ3n) is 4.46. The van der Waals surface area contributed by atoms with Crippen LogP contribution in [0.25, 0.3) is 0 Å². The lowest BCUT2D eigenvalue weighted by molar-refractivity contribution is -0.135. The Morgan fingerprint density at radius 1 is 1.21 bits per heavy atom. The highest BCUT2D eigenvalue weighted by molar-refractivity contribution is 6.35. The predicted octanol–water partition coefficient (Wildman–Crippen LogP) is 4.20. The number of nitrogens with zero attached hydrogens (tertiary/aromatic N) is 1. The van der Waals surface area contributed by atoms with E-state index in [1.807, 2.05) is 25.2 Å². The molecule has 0 aliphatic carbocycles. The van der Waals surface area contributed by atoms with E-state index in [0.29, 0.717) is 15.7 Å². The number of anilines is 1. The fraction of sp³-hybridized carbons (Fsp3) is 0.263. The second kappa shape index (κ2) is 9.47. The van der Waals surface area contributed by atoms with Crippen LogP contribution in [0.15, 0.2) is 36.4 Å². The van der Waals surface area contributed by atoms with Crippen LogP contribution >= 0.6 is 35.6 Å². The van der Waals surface area contributed by atoms with Crippen molar-refractivity contribution in [2.45, 2.75) is 12.5 Å². The molecule has 2 aromatic rings. The molecule has 0 saturated heterocycles. The van der Waals surface area contributed by atoms with Crippen LogP contribution in [-0.2, 0) is 11.3 Å². The molecule has 9 heteroatoms. The highest BCUT2D eigenvalue weighted by Gasteiger charge is 2.27. The number of halogens is 3. The molecule has 0 radical (unpaired) electrons. The van der Waals surface area contributed by atoms with E-state index in [2.05, 4.69) is 15.5 Å². The summed E-state index contributed by atoms with van der Waals surface area (Å²) >= 11 is 12.6. The Labute approximate surface area is 179 Å². The Balaban J connectivity index is 0.00000280. The summed E-state index contributed by atoms with van der Waals surface area (Å²) in [5.74, 6) is -0.984. The molecule has 6 nitrogen and oxygen atoms in total. The molecule has 1 aliphatic rings. The average molecular weight is 445 g/mol. The quantitative estimate of drug-likeness (QED) is 0.660. The van der Waals surface area contributed by atoms with Crippen molar-refractivity contribution in [3.05, 3.63) is 63.1 Å². The lowest BCUT2D eigenvalue weighted by atomic mass is 9.85. The molecule has 150 valence electrons. The molecule has 1 heterocycles. The van der Waals surface area contributed by atoms with Crippen LogP contribution in [0.2, 0.25) is 10.0 Å². The highest BCUT2D eigenvalue weighted by Crippen LogP contribution is 2.38. The number of nitrogens with one attached hydrogen (secondary N) is 2. The molecule has 0 saturated carbocycles. The maximum absolute atomic E-state index is 11.7. The lowest BCUT2D eigenvalue weighted by Gasteiger charge is -2.33. The Hall–Kier alpha value is -1.99. The van der Waals surface area contributed by atoms with Gasteiger partial charge < -0.3 is 20.6 Å². The van der Waals surface area contributed by atoms with Crippen molar-refractivity contribution in [2.24, 2.45) is 0 Å². The predicted molar refractivity (Wildman–Crippen MR) is 113 cm³/mol. The third kappa shape index (κ3) is 5.29. The number of fused-ring (bicyclic) bond motifs is 1. The highest BCUT2D eigenvalue weighted by atomic mass is 35.5. The smallest absolute Gasteiger partial charge is 0.323 e. The number of aliphatic carboxylic acids is 1. The third-order valence-corrected chi connectivity index (χ3v) is 5.02. The summed E-state index contributed by atoms with van der Waals surface area (Å²) in [5, 5.41) is 14.7. The van der Waals surface area contributed by atoms with E-state index < -0.39 is 18.5 Å². The van der Waals surface area contributed by atoms with Crippen LogP contribution in [-0.4, -0.2) is 42.1 Å². The Morgan fingerprint density at radius 3 is 2.54 bits per heavy atom. The van der Waals surface area contributed by atoms with Gasteiger partial charge in [-0.05, 0) is 48.0 Å². The van der Waals surface area contributed by atoms with Crippen molar-refractivity contribution >= 4 is 53.3 Å². The van der Waals surface area contributed by atoms with E-state index in [9.17, 15) is 9.59 Å². The first kappa shape index (κ1) is 22.3. The average Bonchev–Trinajstić information content (AvgIpc) is 2.61. The molecule has 2 amide bonds. The van der Waals surface area contributed by atoms with Crippen LogP contribution in [0.5, 0.6) is 0 Å². The van der Waals surface area contributed by atoms with Crippen molar-refractivity contribution < 1.29 is 14.7 Å². The summed E-state index contributed by atoms with van der Waals surface area (Å²) in [6.45, 7) is 1.16. The van der Waals surface area contributed by atoms with Crippen LogP contribution in [0.1, 0.15) is 22.6 Å². The molecule has 1 aliphatic heterocycles. The summed E-state index contributed by atoms with van der Waals surface area (Å²) in [6.07, 6.45) is 0. The minimum absolute atomic E-state index is 0. The second-order valence-electron chi connectivity index (χ2n) is 6.53. The molecule has 0 aromatic heterocycles. The van der Waals surface area contributed by atoms with Crippen molar-refractivity contribution in [1.29, 1.82) is 0 Å². The zero-order valence-corrected chi connectivity index (χ0v) is 17.4. The normalized spacial score (nSPS) is 15.9. The van der Waals surface area contributed by atoms with E-state index in [0.717, 1.165) is 29.8 Å². The number of rotatable bonds is 4. The Bertz CT molecular complexity index is 875. The zero-order valence-electron chi connectivity index (χ0n) is 15.0. The van der Waals surface area contributed by atoms with Gasteiger partial charge in [-0.25, -0.2) is 4.79 Å². The topological polar surface area (TPSA) is 81.7 Å². The van der Waals surface area contributed by atoms with Gasteiger partial charge in [-0.3, -0.25) is 4.79 Å². The van der Waals surface area contributed by atoms with Crippen molar-refractivity contribution in [3.8, 4) is 0 Å². The monoisotopic (exact) mass is 443 g/mol. The molecule has 3 N–H and O–H groups in total. The Kier molecular flexibility index (Phi) is 7.55. The van der Waals surface area contributed by atoms with Gasteiger partial charge in [0.25, 0.3) is 0 Å². The van der Waals surface area contributed by atoms with Crippen LogP contribution < -0.4 is 10.6 Å². The SMILES string of the molecule is CN1Cc2c(Cl)cc(Cl)cc2C(c2ccc(NC(=O)NCC(=O)O)cc2)C1.Cl. The number of carbonyl (C=O) groups excluding carboxylic acids is 1. The van der Waals surface area contributed by atoms with Gasteiger partial charge in [-0.1, -0.05) is 35.3 Å². The lowest BCUT2D eigenvalue weighted by Crippen LogP contribution is -2.33. The largest absolute Gasteiger partial charge is 0.480 e. The van der Waals surface area contributed by atoms with Crippen molar-refractivity contribution in [2.75, 3.05) is 25.5 Å². The number of urea groups is 1. The molecular formula is C19H20Cl3N3O3. The van der Waals surface area contributed by atoms with Gasteiger partial charge >= 0.3 is 12.0 Å². The number of hydrogen-bond donors (Lipinski definition) is 3. The van der Waals surface area contributed by atoms with Crippen LogP contribution in [0.3, 0.4) is 0 Å². The van der Waals surface area contributed by atoms with Gasteiger partial charge in [0.1, 0.15) is 6.54 Å². The molecule has 0 fully saturated rings. The van der Waals surface area contributed by atoms with Crippen LogP contribution in [0, 0.1) is 0 Å². The van der Waals surface area contributed by atoms with E-state index in [4.69, 9.17) is 28.3 Å². The van der Waals surface area contributed by atoms with Crippen LogP contribution in [0.4, 0.5) is 10.5 Å². The van der Waals surface area contributed by atoms with Crippen molar-refractivity contribution in [3.63, 3.8) is 0 Å². The van der Waals surface area contributed by atoms with Gasteiger partial charge in [-0.15, -0.1) is 12.4 Å². The summed E-state index contributed by atoms with van der Waals surface area (Å²) < 4.78 is 0. The maximum Gasteiger partial charge on any atom is 0.323 e. The summed E-state index contributed by atoms with van der Waals surface area (Å²) in [4.78, 5) is 24.4. The van der Waals surface area contributed by atoms with Gasteiger partial charge in [0.15, 0.2) is 0 Å². The fourth-order valence-corrected chi connectivity index (χ4v) is 3.83. The maximum atomic E-state index is 11.7.